The van der Waals surface area contributed by atoms with E-state index in [4.69, 9.17) is 18.8 Å². The van der Waals surface area contributed by atoms with Gasteiger partial charge in [-0.15, -0.1) is 15.8 Å². The van der Waals surface area contributed by atoms with E-state index in [0.717, 1.165) is 0 Å². The van der Waals surface area contributed by atoms with E-state index in [1.165, 1.54) is 75.5 Å². The predicted molar refractivity (Wildman–Crippen MR) is 116 cm³/mol. The summed E-state index contributed by atoms with van der Waals surface area (Å²) in [5.74, 6) is 0. The van der Waals surface area contributed by atoms with E-state index in [1.807, 2.05) is 0 Å². The van der Waals surface area contributed by atoms with Gasteiger partial charge in [0.1, 0.15) is 0 Å². The van der Waals surface area contributed by atoms with Crippen LogP contribution in [0.4, 0.5) is 0 Å². The fourth-order valence-corrected chi connectivity index (χ4v) is 7.70. The molecule has 0 unspecified atom stereocenters. The van der Waals surface area contributed by atoms with Crippen molar-refractivity contribution in [2.45, 2.75) is 80.1 Å². The van der Waals surface area contributed by atoms with Gasteiger partial charge in [-0.05, 0) is 37.0 Å². The van der Waals surface area contributed by atoms with Gasteiger partial charge in [-0.1, -0.05) is 80.1 Å². The number of hydrogen-bond acceptors (Lipinski definition) is 0. The minimum absolute atomic E-state index is 0.439. The maximum atomic E-state index is 4.88. The van der Waals surface area contributed by atoms with Crippen molar-refractivity contribution in [3.8, 4) is 0 Å². The van der Waals surface area contributed by atoms with Crippen LogP contribution in [0.25, 0.3) is 0 Å². The van der Waals surface area contributed by atoms with Gasteiger partial charge in [0, 0.05) is 0 Å². The Bertz CT molecular complexity index is 140. The Kier molecular flexibility index (Phi) is 37.6. The van der Waals surface area contributed by atoms with Crippen molar-refractivity contribution in [2.75, 3.05) is 37.0 Å². The van der Waals surface area contributed by atoms with Crippen LogP contribution in [0.3, 0.4) is 0 Å². The second-order valence-electron chi connectivity index (χ2n) is 5.73. The summed E-state index contributed by atoms with van der Waals surface area (Å²) < 4.78 is 0. The molecule has 0 atom stereocenters. The van der Waals surface area contributed by atoms with Crippen LogP contribution in [0, 0.1) is 0 Å². The molecule has 0 aliphatic carbocycles. The monoisotopic (exact) mass is 585 g/mol. The van der Waals surface area contributed by atoms with E-state index in [9.17, 15) is 0 Å². The van der Waals surface area contributed by atoms with Crippen LogP contribution >= 0.6 is 34.7 Å². The van der Waals surface area contributed by atoms with Crippen LogP contribution < -0.4 is 0 Å². The molecule has 0 heterocycles. The predicted octanol–water partition coefficient (Wildman–Crippen LogP) is 8.77. The first-order valence-electron chi connectivity index (χ1n) is 9.38. The van der Waals surface area contributed by atoms with Crippen molar-refractivity contribution in [2.24, 2.45) is 0 Å². The van der Waals surface area contributed by atoms with E-state index < -0.39 is 16.5 Å². The number of hydrogen-bond donors (Lipinski definition) is 0. The zero-order chi connectivity index (χ0) is 18.3. The molecule has 0 bridgehead atoms. The summed E-state index contributed by atoms with van der Waals surface area (Å²) in [5.41, 5.74) is 0. The van der Waals surface area contributed by atoms with Crippen molar-refractivity contribution < 1.29 is 16.5 Å². The molecule has 5 heteroatoms. The van der Waals surface area contributed by atoms with Crippen LogP contribution in [0.5, 0.6) is 0 Å². The fourth-order valence-electron chi connectivity index (χ4n) is 2.57. The Hall–Kier alpha value is 2.13. The van der Waals surface area contributed by atoms with Crippen LogP contribution in [-0.4, -0.2) is 37.0 Å². The average molecular weight is 586 g/mol. The van der Waals surface area contributed by atoms with Gasteiger partial charge in [0.25, 0.3) is 0 Å². The normalized spacial score (nSPS) is 10.3. The first-order valence-corrected chi connectivity index (χ1v) is 18.8. The van der Waals surface area contributed by atoms with E-state index in [-0.39, 0.29) is 0 Å². The number of rotatable bonds is 12. The van der Waals surface area contributed by atoms with Gasteiger partial charge in [0.05, 0.1) is 0 Å². The summed E-state index contributed by atoms with van der Waals surface area (Å²) >= 11 is -0.472. The van der Waals surface area contributed by atoms with Crippen LogP contribution in [0.15, 0.2) is 0 Å². The average Bonchev–Trinajstić information content (AvgIpc) is 2.50. The van der Waals surface area contributed by atoms with Crippen molar-refractivity contribution in [3.05, 3.63) is 0 Å². The van der Waals surface area contributed by atoms with Crippen molar-refractivity contribution in [3.63, 3.8) is 0 Å². The van der Waals surface area contributed by atoms with E-state index in [1.54, 1.807) is 0 Å². The van der Waals surface area contributed by atoms with Crippen molar-refractivity contribution in [1.29, 1.82) is 0 Å². The topological polar surface area (TPSA) is 0 Å². The first kappa shape index (κ1) is 29.9. The summed E-state index contributed by atoms with van der Waals surface area (Å²) in [6.07, 6.45) is 17.4. The molecule has 0 radical (unpaired) electrons. The summed E-state index contributed by atoms with van der Waals surface area (Å²) in [5, 5.41) is 0. The first-order chi connectivity index (χ1) is 11.1. The third kappa shape index (κ3) is 29.2. The Morgan fingerprint density at radius 2 is 0.609 bits per heavy atom. The van der Waals surface area contributed by atoms with Crippen LogP contribution in [0.1, 0.15) is 80.1 Å². The third-order valence-corrected chi connectivity index (χ3v) is 9.72. The molecule has 0 aromatic heterocycles. The second kappa shape index (κ2) is 28.9. The number of halogens is 2. The second-order valence-corrected chi connectivity index (χ2v) is 14.4. The molecular formula is C18H42Cl2P2Pt. The molecule has 0 fully saturated rings. The quantitative estimate of drug-likeness (QED) is 0.201. The minimum atomic E-state index is -0.472. The molecule has 0 aliphatic rings. The molecule has 0 aromatic carbocycles. The maximum absolute atomic E-state index is 4.88. The van der Waals surface area contributed by atoms with Gasteiger partial charge in [0.15, 0.2) is 0 Å². The molecule has 0 spiro atoms. The molecule has 148 valence electrons. The molecular weight excluding hydrogens is 544 g/mol. The molecule has 0 amide bonds. The van der Waals surface area contributed by atoms with E-state index >= 15 is 0 Å². The molecule has 0 nitrogen and oxygen atoms in total. The Morgan fingerprint density at radius 1 is 0.478 bits per heavy atom. The van der Waals surface area contributed by atoms with Gasteiger partial charge >= 0.3 is 35.3 Å². The van der Waals surface area contributed by atoms with Gasteiger partial charge < -0.3 is 0 Å². The Morgan fingerprint density at radius 3 is 0.696 bits per heavy atom. The molecule has 0 N–H and O–H groups in total. The molecule has 0 saturated carbocycles. The fraction of sp³-hybridized carbons (Fsp3) is 1.00. The Labute approximate surface area is 167 Å². The van der Waals surface area contributed by atoms with E-state index in [0.29, 0.717) is 15.8 Å². The molecule has 0 aromatic rings. The van der Waals surface area contributed by atoms with Gasteiger partial charge in [0.2, 0.25) is 0 Å². The van der Waals surface area contributed by atoms with Gasteiger partial charge in [-0.3, -0.25) is 0 Å². The SMILES string of the molecule is CCCP(CCC)CCC.CCCP(CCC)CCC.[Cl][Pt][Cl]. The zero-order valence-corrected chi connectivity index (χ0v) is 22.0. The zero-order valence-electron chi connectivity index (χ0n) is 16.5. The van der Waals surface area contributed by atoms with Gasteiger partial charge in [-0.2, -0.15) is 0 Å². The summed E-state index contributed by atoms with van der Waals surface area (Å²) in [4.78, 5) is 0. The van der Waals surface area contributed by atoms with E-state index in [2.05, 4.69) is 41.5 Å². The Balaban J connectivity index is -0.000000297. The van der Waals surface area contributed by atoms with Crippen molar-refractivity contribution in [1.82, 2.24) is 0 Å². The summed E-state index contributed by atoms with van der Waals surface area (Å²) in [7, 11) is 10.6. The summed E-state index contributed by atoms with van der Waals surface area (Å²) in [6, 6.07) is 0. The van der Waals surface area contributed by atoms with Crippen molar-refractivity contribution >= 4 is 34.7 Å². The molecule has 23 heavy (non-hydrogen) atoms. The summed E-state index contributed by atoms with van der Waals surface area (Å²) in [6.45, 7) is 13.8. The standard InChI is InChI=1S/2C9H21P.2ClH.Pt/c2*1-4-7-10(8-5-2)9-6-3;;;/h2*4-9H2,1-3H3;2*1H;/q;;;;+2/p-2. The van der Waals surface area contributed by atoms with Crippen LogP contribution in [-0.2, 0) is 16.5 Å². The molecule has 0 rings (SSSR count). The molecule has 0 saturated heterocycles. The third-order valence-electron chi connectivity index (χ3n) is 3.24. The van der Waals surface area contributed by atoms with Gasteiger partial charge in [-0.25, -0.2) is 0 Å². The molecule has 0 aliphatic heterocycles. The van der Waals surface area contributed by atoms with Crippen LogP contribution in [0.2, 0.25) is 0 Å².